The summed E-state index contributed by atoms with van der Waals surface area (Å²) in [4.78, 5) is 1.68. The predicted octanol–water partition coefficient (Wildman–Crippen LogP) is 3.45. The molecule has 1 aromatic rings. The van der Waals surface area contributed by atoms with Crippen LogP contribution >= 0.6 is 23.5 Å². The van der Waals surface area contributed by atoms with Crippen molar-refractivity contribution in [3.63, 3.8) is 0 Å². The largest absolute Gasteiger partial charge is 0.299 e. The topological polar surface area (TPSA) is 12.0 Å². The van der Waals surface area contributed by atoms with E-state index in [1.807, 2.05) is 11.8 Å². The Labute approximate surface area is 106 Å². The van der Waals surface area contributed by atoms with Gasteiger partial charge >= 0.3 is 0 Å². The SMILES string of the molecule is CC1CCNC2(CCSc3ccccc32)S1. The molecule has 2 aliphatic heterocycles. The van der Waals surface area contributed by atoms with Gasteiger partial charge in [0.1, 0.15) is 0 Å². The van der Waals surface area contributed by atoms with E-state index in [0.717, 1.165) is 11.8 Å². The van der Waals surface area contributed by atoms with Gasteiger partial charge in [0.25, 0.3) is 0 Å². The molecule has 86 valence electrons. The van der Waals surface area contributed by atoms with Crippen molar-refractivity contribution in [2.24, 2.45) is 0 Å². The van der Waals surface area contributed by atoms with Crippen LogP contribution in [0.15, 0.2) is 29.2 Å². The molecule has 0 bridgehead atoms. The van der Waals surface area contributed by atoms with Crippen LogP contribution in [-0.2, 0) is 4.87 Å². The van der Waals surface area contributed by atoms with Crippen LogP contribution in [0.1, 0.15) is 25.3 Å². The van der Waals surface area contributed by atoms with Gasteiger partial charge in [0.2, 0.25) is 0 Å². The Balaban J connectivity index is 2.02. The number of benzene rings is 1. The highest BCUT2D eigenvalue weighted by Crippen LogP contribution is 2.50. The molecule has 1 saturated heterocycles. The maximum atomic E-state index is 3.77. The van der Waals surface area contributed by atoms with Gasteiger partial charge in [-0.25, -0.2) is 0 Å². The minimum atomic E-state index is 0.208. The number of hydrogen-bond donors (Lipinski definition) is 1. The minimum Gasteiger partial charge on any atom is -0.299 e. The van der Waals surface area contributed by atoms with E-state index in [1.165, 1.54) is 29.1 Å². The van der Waals surface area contributed by atoms with Crippen molar-refractivity contribution >= 4 is 23.5 Å². The molecule has 0 saturated carbocycles. The third-order valence-electron chi connectivity index (χ3n) is 3.40. The second kappa shape index (κ2) is 4.28. The molecular weight excluding hydrogens is 234 g/mol. The number of thioether (sulfide) groups is 2. The van der Waals surface area contributed by atoms with Crippen LogP contribution in [0, 0.1) is 0 Å². The fraction of sp³-hybridized carbons (Fsp3) is 0.538. The van der Waals surface area contributed by atoms with E-state index in [-0.39, 0.29) is 4.87 Å². The van der Waals surface area contributed by atoms with Gasteiger partial charge in [0.05, 0.1) is 4.87 Å². The summed E-state index contributed by atoms with van der Waals surface area (Å²) in [5.74, 6) is 1.24. The fourth-order valence-electron chi connectivity index (χ4n) is 2.59. The average molecular weight is 251 g/mol. The number of hydrogen-bond acceptors (Lipinski definition) is 3. The molecule has 1 spiro atoms. The maximum absolute atomic E-state index is 3.77. The summed E-state index contributed by atoms with van der Waals surface area (Å²) in [7, 11) is 0. The van der Waals surface area contributed by atoms with Gasteiger partial charge in [-0.1, -0.05) is 25.1 Å². The molecule has 2 aliphatic rings. The lowest BCUT2D eigenvalue weighted by molar-refractivity contribution is 0.433. The van der Waals surface area contributed by atoms with Crippen LogP contribution in [0.2, 0.25) is 0 Å². The summed E-state index contributed by atoms with van der Waals surface area (Å²) in [6.45, 7) is 3.52. The van der Waals surface area contributed by atoms with Gasteiger partial charge in [-0.3, -0.25) is 5.32 Å². The third kappa shape index (κ3) is 1.79. The molecule has 3 rings (SSSR count). The van der Waals surface area contributed by atoms with Crippen molar-refractivity contribution in [3.8, 4) is 0 Å². The molecule has 2 atom stereocenters. The molecule has 2 unspecified atom stereocenters. The molecule has 1 N–H and O–H groups in total. The van der Waals surface area contributed by atoms with Crippen LogP contribution in [0.25, 0.3) is 0 Å². The summed E-state index contributed by atoms with van der Waals surface area (Å²) in [5, 5.41) is 4.55. The molecule has 0 amide bonds. The van der Waals surface area contributed by atoms with Gasteiger partial charge in [-0.2, -0.15) is 0 Å². The first kappa shape index (κ1) is 11.0. The van der Waals surface area contributed by atoms with Crippen molar-refractivity contribution in [1.29, 1.82) is 0 Å². The molecule has 1 nitrogen and oxygen atoms in total. The van der Waals surface area contributed by atoms with Gasteiger partial charge in [-0.15, -0.1) is 23.5 Å². The molecule has 1 aromatic carbocycles. The highest BCUT2D eigenvalue weighted by Gasteiger charge is 2.40. The van der Waals surface area contributed by atoms with Gasteiger partial charge in [0, 0.05) is 15.9 Å². The number of rotatable bonds is 0. The highest BCUT2D eigenvalue weighted by molar-refractivity contribution is 8.01. The quantitative estimate of drug-likeness (QED) is 0.758. The molecule has 3 heteroatoms. The van der Waals surface area contributed by atoms with E-state index in [2.05, 4.69) is 48.3 Å². The molecule has 1 fully saturated rings. The van der Waals surface area contributed by atoms with Crippen molar-refractivity contribution in [2.45, 2.75) is 34.8 Å². The van der Waals surface area contributed by atoms with Crippen LogP contribution in [-0.4, -0.2) is 17.5 Å². The Hall–Kier alpha value is -0.120. The lowest BCUT2D eigenvalue weighted by atomic mass is 10.0. The minimum absolute atomic E-state index is 0.208. The molecular formula is C13H17NS2. The molecule has 0 aromatic heterocycles. The van der Waals surface area contributed by atoms with Crippen LogP contribution in [0.4, 0.5) is 0 Å². The summed E-state index contributed by atoms with van der Waals surface area (Å²) in [5.41, 5.74) is 1.52. The normalized spacial score (nSPS) is 33.7. The molecule has 0 aliphatic carbocycles. The Kier molecular flexibility index (Phi) is 2.94. The third-order valence-corrected chi connectivity index (χ3v) is 6.08. The number of fused-ring (bicyclic) bond motifs is 2. The highest BCUT2D eigenvalue weighted by atomic mass is 32.2. The monoisotopic (exact) mass is 251 g/mol. The smallest absolute Gasteiger partial charge is 0.0922 e. The van der Waals surface area contributed by atoms with E-state index in [4.69, 9.17) is 0 Å². The lowest BCUT2D eigenvalue weighted by Crippen LogP contribution is -2.47. The standard InChI is InChI=1S/C13H17NS2/c1-10-6-8-14-13(16-10)7-9-15-12-5-3-2-4-11(12)13/h2-5,10,14H,6-9H2,1H3. The molecule has 16 heavy (non-hydrogen) atoms. The van der Waals surface area contributed by atoms with Crippen molar-refractivity contribution in [1.82, 2.24) is 5.32 Å². The predicted molar refractivity (Wildman–Crippen MR) is 73.1 cm³/mol. The Morgan fingerprint density at radius 3 is 3.12 bits per heavy atom. The van der Waals surface area contributed by atoms with E-state index in [9.17, 15) is 0 Å². The second-order valence-corrected chi connectivity index (χ2v) is 7.44. The van der Waals surface area contributed by atoms with E-state index in [1.54, 1.807) is 0 Å². The van der Waals surface area contributed by atoms with Crippen molar-refractivity contribution in [2.75, 3.05) is 12.3 Å². The summed E-state index contributed by atoms with van der Waals surface area (Å²) in [6.07, 6.45) is 2.55. The van der Waals surface area contributed by atoms with Crippen LogP contribution in [0.5, 0.6) is 0 Å². The van der Waals surface area contributed by atoms with Crippen LogP contribution in [0.3, 0.4) is 0 Å². The zero-order valence-corrected chi connectivity index (χ0v) is 11.2. The van der Waals surface area contributed by atoms with E-state index in [0.29, 0.717) is 0 Å². The first-order valence-electron chi connectivity index (χ1n) is 5.95. The van der Waals surface area contributed by atoms with Gasteiger partial charge in [-0.05, 0) is 31.0 Å². The first-order chi connectivity index (χ1) is 7.80. The first-order valence-corrected chi connectivity index (χ1v) is 7.82. The van der Waals surface area contributed by atoms with E-state index >= 15 is 0 Å². The summed E-state index contributed by atoms with van der Waals surface area (Å²) >= 11 is 4.13. The number of nitrogens with one attached hydrogen (secondary N) is 1. The summed E-state index contributed by atoms with van der Waals surface area (Å²) < 4.78 is 0. The van der Waals surface area contributed by atoms with Gasteiger partial charge < -0.3 is 0 Å². The van der Waals surface area contributed by atoms with Crippen molar-refractivity contribution < 1.29 is 0 Å². The second-order valence-electron chi connectivity index (χ2n) is 4.57. The Morgan fingerprint density at radius 2 is 2.25 bits per heavy atom. The lowest BCUT2D eigenvalue weighted by Gasteiger charge is -2.44. The van der Waals surface area contributed by atoms with E-state index < -0.39 is 0 Å². The Morgan fingerprint density at radius 1 is 1.38 bits per heavy atom. The van der Waals surface area contributed by atoms with Crippen molar-refractivity contribution in [3.05, 3.63) is 29.8 Å². The molecule has 0 radical (unpaired) electrons. The maximum Gasteiger partial charge on any atom is 0.0922 e. The zero-order valence-electron chi connectivity index (χ0n) is 9.53. The fourth-order valence-corrected chi connectivity index (χ4v) is 5.62. The zero-order chi connectivity index (χ0) is 11.0. The molecule has 2 heterocycles. The summed E-state index contributed by atoms with van der Waals surface area (Å²) in [6, 6.07) is 8.90. The van der Waals surface area contributed by atoms with Crippen LogP contribution < -0.4 is 5.32 Å². The Bertz CT molecular complexity index is 393. The average Bonchev–Trinajstić information content (AvgIpc) is 2.30. The van der Waals surface area contributed by atoms with Gasteiger partial charge in [0.15, 0.2) is 0 Å².